The van der Waals surface area contributed by atoms with Crippen molar-refractivity contribution in [3.8, 4) is 0 Å². The van der Waals surface area contributed by atoms with Crippen LogP contribution in [0.15, 0.2) is 24.5 Å². The zero-order chi connectivity index (χ0) is 12.3. The number of piperazine rings is 1. The number of aromatic nitrogens is 1. The zero-order valence-corrected chi connectivity index (χ0v) is 10.6. The van der Waals surface area contributed by atoms with Crippen molar-refractivity contribution in [2.45, 2.75) is 32.0 Å². The molecule has 1 aliphatic rings. The van der Waals surface area contributed by atoms with Gasteiger partial charge in [-0.3, -0.25) is 9.88 Å². The minimum Gasteiger partial charge on any atom is -0.395 e. The van der Waals surface area contributed by atoms with E-state index >= 15 is 0 Å². The molecule has 0 saturated carbocycles. The Morgan fingerprint density at radius 2 is 2.18 bits per heavy atom. The Morgan fingerprint density at radius 3 is 2.82 bits per heavy atom. The van der Waals surface area contributed by atoms with Crippen molar-refractivity contribution in [3.63, 3.8) is 0 Å². The number of hydrogen-bond acceptors (Lipinski definition) is 4. The summed E-state index contributed by atoms with van der Waals surface area (Å²) in [6.07, 6.45) is 3.64. The highest BCUT2D eigenvalue weighted by molar-refractivity contribution is 5.11. The molecule has 2 N–H and O–H groups in total. The van der Waals surface area contributed by atoms with Crippen LogP contribution in [0.2, 0.25) is 0 Å². The molecule has 0 radical (unpaired) electrons. The molecule has 17 heavy (non-hydrogen) atoms. The lowest BCUT2D eigenvalue weighted by Gasteiger charge is -2.47. The third kappa shape index (κ3) is 2.83. The Labute approximate surface area is 103 Å². The molecule has 2 heterocycles. The van der Waals surface area contributed by atoms with Crippen LogP contribution in [0.25, 0.3) is 0 Å². The summed E-state index contributed by atoms with van der Waals surface area (Å²) in [6, 6.07) is 4.26. The van der Waals surface area contributed by atoms with Crippen molar-refractivity contribution in [2.24, 2.45) is 0 Å². The average Bonchev–Trinajstić information content (AvgIpc) is 2.33. The first-order chi connectivity index (χ1) is 8.13. The first kappa shape index (κ1) is 12.5. The van der Waals surface area contributed by atoms with Crippen LogP contribution in [-0.2, 0) is 6.54 Å². The molecule has 94 valence electrons. The minimum atomic E-state index is 0.0644. The molecule has 1 aromatic heterocycles. The third-order valence-corrected chi connectivity index (χ3v) is 3.47. The number of nitrogens with zero attached hydrogens (tertiary/aromatic N) is 2. The second kappa shape index (κ2) is 5.12. The molecule has 2 rings (SSSR count). The highest BCUT2D eigenvalue weighted by Gasteiger charge is 2.35. The van der Waals surface area contributed by atoms with Crippen LogP contribution in [0.5, 0.6) is 0 Å². The summed E-state index contributed by atoms with van der Waals surface area (Å²) in [5, 5.41) is 12.9. The van der Waals surface area contributed by atoms with Crippen LogP contribution in [0.3, 0.4) is 0 Å². The van der Waals surface area contributed by atoms with E-state index in [0.717, 1.165) is 19.6 Å². The fourth-order valence-corrected chi connectivity index (χ4v) is 2.44. The van der Waals surface area contributed by atoms with Crippen LogP contribution in [0.4, 0.5) is 0 Å². The van der Waals surface area contributed by atoms with E-state index in [-0.39, 0.29) is 18.2 Å². The first-order valence-corrected chi connectivity index (χ1v) is 6.11. The molecule has 0 aromatic carbocycles. The maximum atomic E-state index is 9.48. The highest BCUT2D eigenvalue weighted by atomic mass is 16.3. The Bertz CT molecular complexity index is 353. The molecule has 1 saturated heterocycles. The summed E-state index contributed by atoms with van der Waals surface area (Å²) in [7, 11) is 0. The smallest absolute Gasteiger partial charge is 0.0599 e. The number of pyridine rings is 1. The van der Waals surface area contributed by atoms with Crippen molar-refractivity contribution in [1.29, 1.82) is 0 Å². The van der Waals surface area contributed by atoms with Crippen molar-refractivity contribution < 1.29 is 5.11 Å². The van der Waals surface area contributed by atoms with Crippen LogP contribution >= 0.6 is 0 Å². The van der Waals surface area contributed by atoms with Crippen LogP contribution in [0.1, 0.15) is 19.4 Å². The van der Waals surface area contributed by atoms with E-state index in [9.17, 15) is 5.11 Å². The second-order valence-corrected chi connectivity index (χ2v) is 5.26. The van der Waals surface area contributed by atoms with Gasteiger partial charge in [-0.25, -0.2) is 0 Å². The highest BCUT2D eigenvalue weighted by Crippen LogP contribution is 2.23. The Kier molecular flexibility index (Phi) is 3.76. The molecule has 1 atom stereocenters. The van der Waals surface area contributed by atoms with Gasteiger partial charge in [0.15, 0.2) is 0 Å². The minimum absolute atomic E-state index is 0.0644. The van der Waals surface area contributed by atoms with Crippen molar-refractivity contribution in [3.05, 3.63) is 30.1 Å². The average molecular weight is 235 g/mol. The van der Waals surface area contributed by atoms with Crippen LogP contribution in [0, 0.1) is 0 Å². The lowest BCUT2D eigenvalue weighted by atomic mass is 9.95. The van der Waals surface area contributed by atoms with Gasteiger partial charge in [0.25, 0.3) is 0 Å². The molecule has 4 nitrogen and oxygen atoms in total. The quantitative estimate of drug-likeness (QED) is 0.806. The monoisotopic (exact) mass is 235 g/mol. The number of hydrogen-bond donors (Lipinski definition) is 2. The zero-order valence-electron chi connectivity index (χ0n) is 10.6. The molecule has 1 unspecified atom stereocenters. The first-order valence-electron chi connectivity index (χ1n) is 6.11. The number of nitrogens with one attached hydrogen (secondary N) is 1. The van der Waals surface area contributed by atoms with Gasteiger partial charge in [0.1, 0.15) is 0 Å². The predicted molar refractivity (Wildman–Crippen MR) is 67.6 cm³/mol. The standard InChI is InChI=1S/C13H21N3O/c1-13(2)10-15-7-12(9-17)16(13)8-11-3-5-14-6-4-11/h3-6,12,15,17H,7-10H2,1-2H3. The lowest BCUT2D eigenvalue weighted by Crippen LogP contribution is -2.63. The summed E-state index contributed by atoms with van der Waals surface area (Å²) in [6.45, 7) is 7.29. The Balaban J connectivity index is 2.15. The number of rotatable bonds is 3. The van der Waals surface area contributed by atoms with Crippen molar-refractivity contribution >= 4 is 0 Å². The van der Waals surface area contributed by atoms with Gasteiger partial charge in [-0.1, -0.05) is 0 Å². The van der Waals surface area contributed by atoms with Gasteiger partial charge in [0.05, 0.1) is 6.61 Å². The molecule has 1 fully saturated rings. The summed E-state index contributed by atoms with van der Waals surface area (Å²) in [5.41, 5.74) is 1.31. The van der Waals surface area contributed by atoms with E-state index in [4.69, 9.17) is 0 Å². The molecule has 1 aromatic rings. The van der Waals surface area contributed by atoms with Crippen molar-refractivity contribution in [2.75, 3.05) is 19.7 Å². The van der Waals surface area contributed by atoms with E-state index in [1.807, 2.05) is 24.5 Å². The van der Waals surface area contributed by atoms with Gasteiger partial charge in [-0.05, 0) is 31.5 Å². The Morgan fingerprint density at radius 1 is 1.47 bits per heavy atom. The van der Waals surface area contributed by atoms with E-state index in [2.05, 4.69) is 29.0 Å². The molecule has 0 aliphatic carbocycles. The van der Waals surface area contributed by atoms with Crippen LogP contribution < -0.4 is 5.32 Å². The number of aliphatic hydroxyl groups excluding tert-OH is 1. The lowest BCUT2D eigenvalue weighted by molar-refractivity contribution is 0.00269. The van der Waals surface area contributed by atoms with Gasteiger partial charge in [0, 0.05) is 43.6 Å². The molecule has 0 bridgehead atoms. The topological polar surface area (TPSA) is 48.4 Å². The molecular formula is C13H21N3O. The van der Waals surface area contributed by atoms with E-state index in [1.54, 1.807) is 0 Å². The molecule has 0 amide bonds. The summed E-state index contributed by atoms with van der Waals surface area (Å²) in [4.78, 5) is 6.41. The van der Waals surface area contributed by atoms with Gasteiger partial charge in [-0.2, -0.15) is 0 Å². The van der Waals surface area contributed by atoms with E-state index in [1.165, 1.54) is 5.56 Å². The van der Waals surface area contributed by atoms with Gasteiger partial charge >= 0.3 is 0 Å². The maximum absolute atomic E-state index is 9.48. The third-order valence-electron chi connectivity index (χ3n) is 3.47. The van der Waals surface area contributed by atoms with Gasteiger partial charge in [-0.15, -0.1) is 0 Å². The number of aliphatic hydroxyl groups is 1. The largest absolute Gasteiger partial charge is 0.395 e. The van der Waals surface area contributed by atoms with Crippen LogP contribution in [-0.4, -0.2) is 46.3 Å². The predicted octanol–water partition coefficient (Wildman–Crippen LogP) is 0.626. The fraction of sp³-hybridized carbons (Fsp3) is 0.615. The summed E-state index contributed by atoms with van der Waals surface area (Å²) in [5.74, 6) is 0. The van der Waals surface area contributed by atoms with Crippen molar-refractivity contribution in [1.82, 2.24) is 15.2 Å². The molecule has 0 spiro atoms. The summed E-state index contributed by atoms with van der Waals surface area (Å²) < 4.78 is 0. The SMILES string of the molecule is CC1(C)CNCC(CO)N1Cc1ccncc1. The normalized spacial score (nSPS) is 24.8. The molecule has 1 aliphatic heterocycles. The molecule has 4 heteroatoms. The Hall–Kier alpha value is -0.970. The van der Waals surface area contributed by atoms with Gasteiger partial charge < -0.3 is 10.4 Å². The van der Waals surface area contributed by atoms with E-state index in [0.29, 0.717) is 0 Å². The van der Waals surface area contributed by atoms with Gasteiger partial charge in [0.2, 0.25) is 0 Å². The second-order valence-electron chi connectivity index (χ2n) is 5.26. The maximum Gasteiger partial charge on any atom is 0.0599 e. The molecular weight excluding hydrogens is 214 g/mol. The fourth-order valence-electron chi connectivity index (χ4n) is 2.44. The summed E-state index contributed by atoms with van der Waals surface area (Å²) >= 11 is 0. The van der Waals surface area contributed by atoms with E-state index < -0.39 is 0 Å².